The van der Waals surface area contributed by atoms with E-state index in [0.717, 1.165) is 19.3 Å². The minimum absolute atomic E-state index is 0.612. The van der Waals surface area contributed by atoms with Crippen molar-refractivity contribution in [2.75, 3.05) is 0 Å². The summed E-state index contributed by atoms with van der Waals surface area (Å²) in [5.41, 5.74) is 0. The van der Waals surface area contributed by atoms with Gasteiger partial charge in [0, 0.05) is 4.90 Å². The first-order chi connectivity index (χ1) is 8.16. The van der Waals surface area contributed by atoms with E-state index in [9.17, 15) is 9.32 Å². The second kappa shape index (κ2) is 7.85. The molecule has 0 saturated heterocycles. The number of rotatable bonds is 7. The van der Waals surface area contributed by atoms with E-state index >= 15 is 0 Å². The number of aliphatic hydroxyl groups is 1. The van der Waals surface area contributed by atoms with E-state index in [4.69, 9.17) is 11.6 Å². The van der Waals surface area contributed by atoms with E-state index in [1.165, 1.54) is 0 Å². The molecule has 3 unspecified atom stereocenters. The van der Waals surface area contributed by atoms with Crippen LogP contribution in [0.4, 0.5) is 0 Å². The first-order valence-corrected chi connectivity index (χ1v) is 7.59. The number of hydrogen-bond donors (Lipinski definition) is 1. The lowest BCUT2D eigenvalue weighted by Crippen LogP contribution is -2.25. The van der Waals surface area contributed by atoms with E-state index in [2.05, 4.69) is 6.92 Å². The fourth-order valence-electron chi connectivity index (χ4n) is 1.56. The summed E-state index contributed by atoms with van der Waals surface area (Å²) in [5.74, 6) is 0. The first kappa shape index (κ1) is 14.7. The van der Waals surface area contributed by atoms with Crippen molar-refractivity contribution < 1.29 is 9.32 Å². The first-order valence-electron chi connectivity index (χ1n) is 5.94. The summed E-state index contributed by atoms with van der Waals surface area (Å²) in [4.78, 5) is 0.669. The molecule has 1 aromatic rings. The third kappa shape index (κ3) is 4.78. The molecular weight excluding hydrogens is 256 g/mol. The SMILES string of the molecule is CCCCCC(O)C(Cl)S(=O)c1ccccc1. The second-order valence-corrected chi connectivity index (χ2v) is 6.33. The molecule has 0 bridgehead atoms. The number of aliphatic hydroxyl groups excluding tert-OH is 1. The Morgan fingerprint density at radius 3 is 2.53 bits per heavy atom. The summed E-state index contributed by atoms with van der Waals surface area (Å²) in [6.45, 7) is 2.10. The van der Waals surface area contributed by atoms with E-state index in [0.29, 0.717) is 11.3 Å². The number of unbranched alkanes of at least 4 members (excludes halogenated alkanes) is 2. The number of alkyl halides is 1. The minimum atomic E-state index is -1.35. The van der Waals surface area contributed by atoms with E-state index < -0.39 is 21.6 Å². The molecule has 0 aliphatic rings. The highest BCUT2D eigenvalue weighted by Crippen LogP contribution is 2.20. The van der Waals surface area contributed by atoms with Crippen LogP contribution in [-0.2, 0) is 10.8 Å². The lowest BCUT2D eigenvalue weighted by molar-refractivity contribution is 0.175. The predicted molar refractivity (Wildman–Crippen MR) is 72.6 cm³/mol. The van der Waals surface area contributed by atoms with Gasteiger partial charge in [-0.1, -0.05) is 44.4 Å². The number of halogens is 1. The molecule has 2 nitrogen and oxygen atoms in total. The zero-order valence-electron chi connectivity index (χ0n) is 10.0. The molecule has 17 heavy (non-hydrogen) atoms. The maximum absolute atomic E-state index is 12.0. The molecule has 3 atom stereocenters. The molecular formula is C13H19ClO2S. The zero-order valence-corrected chi connectivity index (χ0v) is 11.6. The molecule has 0 aliphatic heterocycles. The van der Waals surface area contributed by atoms with Gasteiger partial charge < -0.3 is 5.11 Å². The molecule has 0 spiro atoms. The van der Waals surface area contributed by atoms with Crippen LogP contribution in [0.2, 0.25) is 0 Å². The van der Waals surface area contributed by atoms with Crippen molar-refractivity contribution in [3.8, 4) is 0 Å². The van der Waals surface area contributed by atoms with Gasteiger partial charge in [-0.15, -0.1) is 11.6 Å². The van der Waals surface area contributed by atoms with Crippen LogP contribution in [0.1, 0.15) is 32.6 Å². The summed E-state index contributed by atoms with van der Waals surface area (Å²) < 4.78 is 11.3. The quantitative estimate of drug-likeness (QED) is 0.612. The highest BCUT2D eigenvalue weighted by atomic mass is 35.5. The number of hydrogen-bond acceptors (Lipinski definition) is 2. The Hall–Kier alpha value is -0.380. The van der Waals surface area contributed by atoms with Gasteiger partial charge in [-0.3, -0.25) is 4.21 Å². The molecule has 0 heterocycles. The summed E-state index contributed by atoms with van der Waals surface area (Å²) in [6.07, 6.45) is 3.00. The summed E-state index contributed by atoms with van der Waals surface area (Å²) in [7, 11) is -1.35. The number of benzene rings is 1. The smallest absolute Gasteiger partial charge is 0.139 e. The van der Waals surface area contributed by atoms with Crippen molar-refractivity contribution in [2.45, 2.75) is 48.3 Å². The minimum Gasteiger partial charge on any atom is -0.391 e. The molecule has 0 saturated carbocycles. The molecule has 1 aromatic carbocycles. The van der Waals surface area contributed by atoms with Crippen LogP contribution in [0.5, 0.6) is 0 Å². The maximum Gasteiger partial charge on any atom is 0.139 e. The molecule has 0 aliphatic carbocycles. The fourth-order valence-corrected chi connectivity index (χ4v) is 3.10. The predicted octanol–water partition coefficient (Wildman–Crippen LogP) is 3.30. The van der Waals surface area contributed by atoms with Gasteiger partial charge in [0.1, 0.15) is 4.71 Å². The van der Waals surface area contributed by atoms with Gasteiger partial charge in [0.2, 0.25) is 0 Å². The van der Waals surface area contributed by atoms with E-state index in [1.54, 1.807) is 12.1 Å². The van der Waals surface area contributed by atoms with Crippen LogP contribution < -0.4 is 0 Å². The van der Waals surface area contributed by atoms with Crippen molar-refractivity contribution in [1.29, 1.82) is 0 Å². The largest absolute Gasteiger partial charge is 0.391 e. The average Bonchev–Trinajstić information content (AvgIpc) is 2.38. The summed E-state index contributed by atoms with van der Waals surface area (Å²) in [5, 5.41) is 9.85. The summed E-state index contributed by atoms with van der Waals surface area (Å²) in [6, 6.07) is 9.04. The second-order valence-electron chi connectivity index (χ2n) is 4.02. The van der Waals surface area contributed by atoms with Gasteiger partial charge in [0.05, 0.1) is 16.9 Å². The van der Waals surface area contributed by atoms with Crippen LogP contribution in [0.15, 0.2) is 35.2 Å². The molecule has 1 N–H and O–H groups in total. The monoisotopic (exact) mass is 274 g/mol. The van der Waals surface area contributed by atoms with E-state index in [1.807, 2.05) is 18.2 Å². The Morgan fingerprint density at radius 2 is 1.94 bits per heavy atom. The zero-order chi connectivity index (χ0) is 12.7. The van der Waals surface area contributed by atoms with Crippen molar-refractivity contribution in [2.24, 2.45) is 0 Å². The lowest BCUT2D eigenvalue weighted by atomic mass is 10.1. The maximum atomic E-state index is 12.0. The van der Waals surface area contributed by atoms with Gasteiger partial charge in [-0.05, 0) is 18.6 Å². The van der Waals surface area contributed by atoms with Gasteiger partial charge in [-0.25, -0.2) is 0 Å². The standard InChI is InChI=1S/C13H19ClO2S/c1-2-3-5-10-12(15)13(14)17(16)11-8-6-4-7-9-11/h4,6-9,12-13,15H,2-3,5,10H2,1H3. The normalized spacial score (nSPS) is 16.4. The lowest BCUT2D eigenvalue weighted by Gasteiger charge is -2.16. The Kier molecular flexibility index (Phi) is 6.78. The molecule has 0 fully saturated rings. The molecule has 1 rings (SSSR count). The molecule has 0 aromatic heterocycles. The Bertz CT molecular complexity index is 343. The molecule has 0 radical (unpaired) electrons. The Balaban J connectivity index is 2.51. The topological polar surface area (TPSA) is 37.3 Å². The Labute approximate surface area is 110 Å². The van der Waals surface area contributed by atoms with Crippen molar-refractivity contribution in [1.82, 2.24) is 0 Å². The molecule has 4 heteroatoms. The third-order valence-corrected chi connectivity index (χ3v) is 4.82. The van der Waals surface area contributed by atoms with Crippen LogP contribution in [-0.4, -0.2) is 20.1 Å². The van der Waals surface area contributed by atoms with Gasteiger partial charge in [-0.2, -0.15) is 0 Å². The highest BCUT2D eigenvalue weighted by molar-refractivity contribution is 7.87. The van der Waals surface area contributed by atoms with Crippen molar-refractivity contribution in [3.05, 3.63) is 30.3 Å². The van der Waals surface area contributed by atoms with Crippen LogP contribution in [0.25, 0.3) is 0 Å². The molecule has 0 amide bonds. The van der Waals surface area contributed by atoms with Crippen LogP contribution >= 0.6 is 11.6 Å². The van der Waals surface area contributed by atoms with Crippen LogP contribution in [0, 0.1) is 0 Å². The van der Waals surface area contributed by atoms with Crippen LogP contribution in [0.3, 0.4) is 0 Å². The summed E-state index contributed by atoms with van der Waals surface area (Å²) >= 11 is 6.05. The van der Waals surface area contributed by atoms with Gasteiger partial charge in [0.15, 0.2) is 0 Å². The van der Waals surface area contributed by atoms with Crippen molar-refractivity contribution >= 4 is 22.4 Å². The average molecular weight is 275 g/mol. The highest BCUT2D eigenvalue weighted by Gasteiger charge is 2.23. The van der Waals surface area contributed by atoms with Gasteiger partial charge in [0.25, 0.3) is 0 Å². The third-order valence-electron chi connectivity index (χ3n) is 2.59. The Morgan fingerprint density at radius 1 is 1.29 bits per heavy atom. The van der Waals surface area contributed by atoms with E-state index in [-0.39, 0.29) is 0 Å². The van der Waals surface area contributed by atoms with Crippen molar-refractivity contribution in [3.63, 3.8) is 0 Å². The fraction of sp³-hybridized carbons (Fsp3) is 0.538. The van der Waals surface area contributed by atoms with Gasteiger partial charge >= 0.3 is 0 Å². The molecule has 96 valence electrons.